The van der Waals surface area contributed by atoms with E-state index in [9.17, 15) is 9.59 Å². The molecule has 4 aromatic rings. The number of aryl methyl sites for hydroxylation is 1. The van der Waals surface area contributed by atoms with Gasteiger partial charge in [0, 0.05) is 40.4 Å². The van der Waals surface area contributed by atoms with Crippen LogP contribution >= 0.6 is 0 Å². The first kappa shape index (κ1) is 17.7. The number of nitrogens with one attached hydrogen (secondary N) is 1. The van der Waals surface area contributed by atoms with Gasteiger partial charge >= 0.3 is 5.63 Å². The number of amides is 1. The maximum atomic E-state index is 12.5. The van der Waals surface area contributed by atoms with Crippen LogP contribution in [0, 0.1) is 6.92 Å². The van der Waals surface area contributed by atoms with Gasteiger partial charge in [-0.1, -0.05) is 30.3 Å². The van der Waals surface area contributed by atoms with Gasteiger partial charge in [-0.2, -0.15) is 0 Å². The van der Waals surface area contributed by atoms with E-state index in [4.69, 9.17) is 8.83 Å². The topological polar surface area (TPSA) is 72.5 Å². The number of carbonyl (C=O) groups is 1. The van der Waals surface area contributed by atoms with Gasteiger partial charge in [0.25, 0.3) is 0 Å². The van der Waals surface area contributed by atoms with E-state index in [0.717, 1.165) is 40.3 Å². The molecule has 2 aromatic heterocycles. The third-order valence-electron chi connectivity index (χ3n) is 5.61. The van der Waals surface area contributed by atoms with Gasteiger partial charge in [0.1, 0.15) is 11.2 Å². The fraction of sp³-hybridized carbons (Fsp3) is 0.250. The lowest BCUT2D eigenvalue weighted by Gasteiger charge is -2.08. The zero-order valence-electron chi connectivity index (χ0n) is 16.2. The summed E-state index contributed by atoms with van der Waals surface area (Å²) in [6.07, 6.45) is 4.49. The smallest absolute Gasteiger partial charge is 0.339 e. The molecule has 1 saturated carbocycles. The summed E-state index contributed by atoms with van der Waals surface area (Å²) < 4.78 is 11.3. The van der Waals surface area contributed by atoms with Gasteiger partial charge in [-0.3, -0.25) is 4.79 Å². The van der Waals surface area contributed by atoms with E-state index >= 15 is 0 Å². The van der Waals surface area contributed by atoms with Crippen LogP contribution in [-0.4, -0.2) is 11.9 Å². The first-order valence-corrected chi connectivity index (χ1v) is 9.92. The van der Waals surface area contributed by atoms with E-state index in [1.54, 1.807) is 12.3 Å². The van der Waals surface area contributed by atoms with E-state index < -0.39 is 0 Å². The molecule has 146 valence electrons. The average Bonchev–Trinajstić information content (AvgIpc) is 3.43. The molecule has 2 heterocycles. The van der Waals surface area contributed by atoms with Gasteiger partial charge in [-0.15, -0.1) is 0 Å². The minimum Gasteiger partial charge on any atom is -0.464 e. The van der Waals surface area contributed by atoms with Crippen molar-refractivity contribution in [3.63, 3.8) is 0 Å². The Morgan fingerprint density at radius 2 is 1.90 bits per heavy atom. The van der Waals surface area contributed by atoms with Crippen molar-refractivity contribution in [2.75, 3.05) is 0 Å². The van der Waals surface area contributed by atoms with Gasteiger partial charge in [-0.05, 0) is 43.4 Å². The highest BCUT2D eigenvalue weighted by atomic mass is 16.4. The quantitative estimate of drug-likeness (QED) is 0.503. The number of fused-ring (bicyclic) bond motifs is 2. The van der Waals surface area contributed by atoms with Crippen LogP contribution in [0.4, 0.5) is 0 Å². The Hall–Kier alpha value is -3.34. The summed E-state index contributed by atoms with van der Waals surface area (Å²) in [6.45, 7) is 1.92. The zero-order valence-corrected chi connectivity index (χ0v) is 16.2. The molecule has 1 aliphatic rings. The van der Waals surface area contributed by atoms with Crippen LogP contribution in [0.25, 0.3) is 33.1 Å². The van der Waals surface area contributed by atoms with Crippen LogP contribution in [-0.2, 0) is 11.2 Å². The van der Waals surface area contributed by atoms with Crippen molar-refractivity contribution >= 4 is 27.8 Å². The van der Waals surface area contributed by atoms with Crippen LogP contribution in [0.5, 0.6) is 0 Å². The molecule has 29 heavy (non-hydrogen) atoms. The highest BCUT2D eigenvalue weighted by molar-refractivity contribution is 6.02. The van der Waals surface area contributed by atoms with Gasteiger partial charge in [-0.25, -0.2) is 4.79 Å². The number of benzene rings is 2. The molecule has 0 bridgehead atoms. The lowest BCUT2D eigenvalue weighted by molar-refractivity contribution is -0.121. The Morgan fingerprint density at radius 3 is 2.66 bits per heavy atom. The number of carbonyl (C=O) groups excluding carboxylic acids is 1. The van der Waals surface area contributed by atoms with Crippen LogP contribution < -0.4 is 10.9 Å². The van der Waals surface area contributed by atoms with Crippen LogP contribution in [0.15, 0.2) is 62.4 Å². The third kappa shape index (κ3) is 3.33. The summed E-state index contributed by atoms with van der Waals surface area (Å²) in [4.78, 5) is 24.6. The summed E-state index contributed by atoms with van der Waals surface area (Å²) in [5.74, 6) is -0.0111. The lowest BCUT2D eigenvalue weighted by Crippen LogP contribution is -2.26. The summed E-state index contributed by atoms with van der Waals surface area (Å²) in [5.41, 5.74) is 4.28. The number of furan rings is 1. The molecule has 0 saturated heterocycles. The monoisotopic (exact) mass is 387 g/mol. The molecule has 0 radical (unpaired) electrons. The van der Waals surface area contributed by atoms with Crippen molar-refractivity contribution in [3.05, 3.63) is 70.3 Å². The fourth-order valence-electron chi connectivity index (χ4n) is 3.81. The second-order valence-corrected chi connectivity index (χ2v) is 7.69. The number of hydrogen-bond donors (Lipinski definition) is 1. The fourth-order valence-corrected chi connectivity index (χ4v) is 3.81. The van der Waals surface area contributed by atoms with E-state index in [2.05, 4.69) is 5.32 Å². The van der Waals surface area contributed by atoms with E-state index in [1.807, 2.05) is 43.3 Å². The molecule has 0 aliphatic heterocycles. The zero-order chi connectivity index (χ0) is 20.0. The SMILES string of the molecule is Cc1c(CCC(=O)NC2CC2)c(=O)oc2cc3occ(-c4ccccc4)c3cc12. The van der Waals surface area contributed by atoms with Crippen molar-refractivity contribution < 1.29 is 13.6 Å². The first-order valence-electron chi connectivity index (χ1n) is 9.92. The molecule has 2 aromatic carbocycles. The van der Waals surface area contributed by atoms with E-state index in [-0.39, 0.29) is 18.0 Å². The highest BCUT2D eigenvalue weighted by Gasteiger charge is 2.23. The van der Waals surface area contributed by atoms with E-state index in [1.165, 1.54) is 0 Å². The van der Waals surface area contributed by atoms with Crippen LogP contribution in [0.3, 0.4) is 0 Å². The van der Waals surface area contributed by atoms with E-state index in [0.29, 0.717) is 29.2 Å². The molecule has 1 aliphatic carbocycles. The lowest BCUT2D eigenvalue weighted by atomic mass is 9.99. The first-order chi connectivity index (χ1) is 14.1. The predicted octanol–water partition coefficient (Wildman–Crippen LogP) is 4.73. The molecule has 1 amide bonds. The number of hydrogen-bond acceptors (Lipinski definition) is 4. The van der Waals surface area contributed by atoms with Gasteiger partial charge < -0.3 is 14.2 Å². The summed E-state index contributed by atoms with van der Waals surface area (Å²) in [6, 6.07) is 14.1. The van der Waals surface area contributed by atoms with Crippen molar-refractivity contribution in [2.45, 2.75) is 38.6 Å². The summed E-state index contributed by atoms with van der Waals surface area (Å²) >= 11 is 0. The molecule has 5 nitrogen and oxygen atoms in total. The Bertz CT molecular complexity index is 1280. The second-order valence-electron chi connectivity index (χ2n) is 7.69. The van der Waals surface area contributed by atoms with Gasteiger partial charge in [0.05, 0.1) is 6.26 Å². The maximum Gasteiger partial charge on any atom is 0.339 e. The number of rotatable bonds is 5. The van der Waals surface area contributed by atoms with Crippen molar-refractivity contribution in [3.8, 4) is 11.1 Å². The molecular formula is C24H21NO4. The van der Waals surface area contributed by atoms with Crippen molar-refractivity contribution in [1.82, 2.24) is 5.32 Å². The average molecular weight is 387 g/mol. The Morgan fingerprint density at radius 1 is 1.10 bits per heavy atom. The third-order valence-corrected chi connectivity index (χ3v) is 5.61. The Kier molecular flexibility index (Phi) is 4.23. The summed E-state index contributed by atoms with van der Waals surface area (Å²) in [7, 11) is 0. The second kappa shape index (κ2) is 6.92. The predicted molar refractivity (Wildman–Crippen MR) is 112 cm³/mol. The van der Waals surface area contributed by atoms with Crippen LogP contribution in [0.2, 0.25) is 0 Å². The standard InChI is InChI=1S/C24H21NO4/c1-14-17(9-10-23(26)25-16-7-8-16)24(27)29-22-12-21-19(11-18(14)22)20(13-28-21)15-5-3-2-4-6-15/h2-6,11-13,16H,7-10H2,1H3,(H,25,26). The molecule has 5 rings (SSSR count). The maximum absolute atomic E-state index is 12.5. The van der Waals surface area contributed by atoms with Crippen LogP contribution in [0.1, 0.15) is 30.4 Å². The molecule has 0 unspecified atom stereocenters. The summed E-state index contributed by atoms with van der Waals surface area (Å²) in [5, 5.41) is 4.80. The molecule has 0 spiro atoms. The highest BCUT2D eigenvalue weighted by Crippen LogP contribution is 2.34. The normalized spacial score (nSPS) is 13.8. The van der Waals surface area contributed by atoms with Crippen molar-refractivity contribution in [1.29, 1.82) is 0 Å². The largest absolute Gasteiger partial charge is 0.464 e. The Labute approximate surface area is 167 Å². The Balaban J connectivity index is 1.56. The minimum atomic E-state index is -0.386. The molecule has 1 N–H and O–H groups in total. The minimum absolute atomic E-state index is 0.0111. The molecule has 5 heteroatoms. The van der Waals surface area contributed by atoms with Gasteiger partial charge in [0.2, 0.25) is 5.91 Å². The van der Waals surface area contributed by atoms with Gasteiger partial charge in [0.15, 0.2) is 0 Å². The van der Waals surface area contributed by atoms with Crippen molar-refractivity contribution in [2.24, 2.45) is 0 Å². The molecule has 1 fully saturated rings. The molecular weight excluding hydrogens is 366 g/mol. The molecule has 0 atom stereocenters.